The van der Waals surface area contributed by atoms with E-state index in [0.717, 1.165) is 30.8 Å². The number of rotatable bonds is 9. The lowest BCUT2D eigenvalue weighted by atomic mass is 10.2. The molecule has 0 amide bonds. The Morgan fingerprint density at radius 2 is 1.73 bits per heavy atom. The van der Waals surface area contributed by atoms with Crippen molar-refractivity contribution in [3.8, 4) is 17.1 Å². The molecule has 0 fully saturated rings. The molecular weight excluding hydrogens is 326 g/mol. The van der Waals surface area contributed by atoms with Gasteiger partial charge < -0.3 is 9.26 Å². The summed E-state index contributed by atoms with van der Waals surface area (Å²) >= 11 is 0. The van der Waals surface area contributed by atoms with Crippen LogP contribution in [0.15, 0.2) is 59.1 Å². The van der Waals surface area contributed by atoms with Crippen molar-refractivity contribution in [2.75, 3.05) is 13.2 Å². The predicted molar refractivity (Wildman–Crippen MR) is 102 cm³/mol. The quantitative estimate of drug-likeness (QED) is 0.566. The number of para-hydroxylation sites is 1. The van der Waals surface area contributed by atoms with Crippen LogP contribution in [0.25, 0.3) is 11.4 Å². The fourth-order valence-corrected chi connectivity index (χ4v) is 2.92. The van der Waals surface area contributed by atoms with E-state index in [0.29, 0.717) is 24.9 Å². The summed E-state index contributed by atoms with van der Waals surface area (Å²) in [7, 11) is 0. The van der Waals surface area contributed by atoms with Gasteiger partial charge in [-0.1, -0.05) is 54.5 Å². The van der Waals surface area contributed by atoms with E-state index in [1.165, 1.54) is 5.56 Å². The summed E-state index contributed by atoms with van der Waals surface area (Å²) in [4.78, 5) is 6.91. The van der Waals surface area contributed by atoms with Crippen LogP contribution in [-0.4, -0.2) is 28.2 Å². The molecule has 0 aliphatic carbocycles. The van der Waals surface area contributed by atoms with Crippen molar-refractivity contribution in [2.45, 2.75) is 33.4 Å². The highest BCUT2D eigenvalue weighted by molar-refractivity contribution is 5.63. The van der Waals surface area contributed by atoms with Gasteiger partial charge in [0.05, 0.1) is 18.7 Å². The summed E-state index contributed by atoms with van der Waals surface area (Å²) in [6, 6.07) is 18.2. The Kier molecular flexibility index (Phi) is 6.39. The molecule has 0 atom stereocenters. The van der Waals surface area contributed by atoms with Crippen molar-refractivity contribution >= 4 is 0 Å². The molecule has 2 aromatic carbocycles. The zero-order valence-electron chi connectivity index (χ0n) is 15.4. The molecule has 5 nitrogen and oxygen atoms in total. The molecule has 0 radical (unpaired) electrons. The Hall–Kier alpha value is -2.66. The fraction of sp³-hybridized carbons (Fsp3) is 0.333. The summed E-state index contributed by atoms with van der Waals surface area (Å²) in [6.07, 6.45) is 1.07. The van der Waals surface area contributed by atoms with Crippen LogP contribution in [0.3, 0.4) is 0 Å². The van der Waals surface area contributed by atoms with Crippen LogP contribution in [-0.2, 0) is 13.1 Å². The highest BCUT2D eigenvalue weighted by Crippen LogP contribution is 2.27. The Morgan fingerprint density at radius 1 is 0.962 bits per heavy atom. The number of aromatic nitrogens is 2. The topological polar surface area (TPSA) is 51.4 Å². The summed E-state index contributed by atoms with van der Waals surface area (Å²) < 4.78 is 11.2. The fourth-order valence-electron chi connectivity index (χ4n) is 2.92. The van der Waals surface area contributed by atoms with Crippen molar-refractivity contribution in [1.82, 2.24) is 15.0 Å². The molecule has 0 unspecified atom stereocenters. The molecular formula is C21H25N3O2. The molecule has 0 bridgehead atoms. The van der Waals surface area contributed by atoms with E-state index in [4.69, 9.17) is 9.26 Å². The average Bonchev–Trinajstić information content (AvgIpc) is 3.12. The summed E-state index contributed by atoms with van der Waals surface area (Å²) in [5.41, 5.74) is 2.14. The maximum Gasteiger partial charge on any atom is 0.241 e. The van der Waals surface area contributed by atoms with Crippen molar-refractivity contribution in [3.05, 3.63) is 66.1 Å². The van der Waals surface area contributed by atoms with Crippen LogP contribution in [0, 0.1) is 0 Å². The third-order valence-electron chi connectivity index (χ3n) is 4.04. The van der Waals surface area contributed by atoms with Crippen molar-refractivity contribution in [1.29, 1.82) is 0 Å². The summed E-state index contributed by atoms with van der Waals surface area (Å²) in [6.45, 7) is 7.21. The molecule has 3 aromatic rings. The van der Waals surface area contributed by atoms with Gasteiger partial charge in [0.15, 0.2) is 0 Å². The van der Waals surface area contributed by atoms with Gasteiger partial charge in [-0.3, -0.25) is 4.90 Å². The largest absolute Gasteiger partial charge is 0.493 e. The van der Waals surface area contributed by atoms with Crippen LogP contribution >= 0.6 is 0 Å². The van der Waals surface area contributed by atoms with E-state index in [1.54, 1.807) is 0 Å². The van der Waals surface area contributed by atoms with Gasteiger partial charge in [0.2, 0.25) is 11.7 Å². The number of nitrogens with zero attached hydrogens (tertiary/aromatic N) is 3. The molecule has 0 aliphatic rings. The van der Waals surface area contributed by atoms with E-state index < -0.39 is 0 Å². The van der Waals surface area contributed by atoms with Crippen LogP contribution in [0.5, 0.6) is 5.75 Å². The first-order valence-corrected chi connectivity index (χ1v) is 9.11. The average molecular weight is 351 g/mol. The molecule has 136 valence electrons. The molecule has 3 rings (SSSR count). The SMILES string of the molecule is CCCN(Cc1ccccc1)Cc1nc(-c2ccccc2OCC)no1. The Bertz CT molecular complexity index is 802. The van der Waals surface area contributed by atoms with Gasteiger partial charge >= 0.3 is 0 Å². The normalized spacial score (nSPS) is 11.0. The van der Waals surface area contributed by atoms with Crippen molar-refractivity contribution in [3.63, 3.8) is 0 Å². The Labute approximate surface area is 154 Å². The second-order valence-electron chi connectivity index (χ2n) is 6.14. The molecule has 1 heterocycles. The van der Waals surface area contributed by atoms with E-state index in [2.05, 4.69) is 46.2 Å². The van der Waals surface area contributed by atoms with Gasteiger partial charge in [0.25, 0.3) is 0 Å². The van der Waals surface area contributed by atoms with Crippen molar-refractivity contribution < 1.29 is 9.26 Å². The highest BCUT2D eigenvalue weighted by Gasteiger charge is 2.15. The number of benzene rings is 2. The first-order valence-electron chi connectivity index (χ1n) is 9.11. The summed E-state index contributed by atoms with van der Waals surface area (Å²) in [5.74, 6) is 1.97. The van der Waals surface area contributed by atoms with Crippen LogP contribution in [0.4, 0.5) is 0 Å². The van der Waals surface area contributed by atoms with Gasteiger partial charge in [0.1, 0.15) is 5.75 Å². The first kappa shape index (κ1) is 18.1. The third-order valence-corrected chi connectivity index (χ3v) is 4.04. The standard InChI is InChI=1S/C21H25N3O2/c1-3-14-24(15-17-10-6-5-7-11-17)16-20-22-21(23-26-20)18-12-8-9-13-19(18)25-4-2/h5-13H,3-4,14-16H2,1-2H3. The van der Waals surface area contributed by atoms with Crippen LogP contribution in [0.1, 0.15) is 31.7 Å². The van der Waals surface area contributed by atoms with Gasteiger partial charge in [0, 0.05) is 6.54 Å². The molecule has 1 aromatic heterocycles. The lowest BCUT2D eigenvalue weighted by Crippen LogP contribution is -2.23. The molecule has 0 spiro atoms. The minimum atomic E-state index is 0.570. The lowest BCUT2D eigenvalue weighted by molar-refractivity contribution is 0.219. The van der Waals surface area contributed by atoms with E-state index in [9.17, 15) is 0 Å². The molecule has 0 saturated heterocycles. The third kappa shape index (κ3) is 4.70. The molecule has 0 saturated carbocycles. The minimum absolute atomic E-state index is 0.570. The van der Waals surface area contributed by atoms with Gasteiger partial charge in [-0.25, -0.2) is 0 Å². The highest BCUT2D eigenvalue weighted by atomic mass is 16.5. The van der Waals surface area contributed by atoms with Crippen LogP contribution in [0.2, 0.25) is 0 Å². The predicted octanol–water partition coefficient (Wildman–Crippen LogP) is 4.55. The van der Waals surface area contributed by atoms with Gasteiger partial charge in [-0.2, -0.15) is 4.98 Å². The zero-order valence-corrected chi connectivity index (χ0v) is 15.4. The van der Waals surface area contributed by atoms with Crippen LogP contribution < -0.4 is 4.74 Å². The zero-order chi connectivity index (χ0) is 18.2. The maximum absolute atomic E-state index is 5.67. The van der Waals surface area contributed by atoms with E-state index in [1.807, 2.05) is 37.3 Å². The number of hydrogen-bond donors (Lipinski definition) is 0. The van der Waals surface area contributed by atoms with Crippen molar-refractivity contribution in [2.24, 2.45) is 0 Å². The molecule has 5 heteroatoms. The van der Waals surface area contributed by atoms with E-state index >= 15 is 0 Å². The smallest absolute Gasteiger partial charge is 0.241 e. The summed E-state index contributed by atoms with van der Waals surface area (Å²) in [5, 5.41) is 4.16. The number of hydrogen-bond acceptors (Lipinski definition) is 5. The van der Waals surface area contributed by atoms with Gasteiger partial charge in [-0.15, -0.1) is 0 Å². The second kappa shape index (κ2) is 9.15. The minimum Gasteiger partial charge on any atom is -0.493 e. The Balaban J connectivity index is 1.74. The van der Waals surface area contributed by atoms with E-state index in [-0.39, 0.29) is 0 Å². The Morgan fingerprint density at radius 3 is 2.50 bits per heavy atom. The molecule has 26 heavy (non-hydrogen) atoms. The monoisotopic (exact) mass is 351 g/mol. The second-order valence-corrected chi connectivity index (χ2v) is 6.14. The number of ether oxygens (including phenoxy) is 1. The maximum atomic E-state index is 5.67. The lowest BCUT2D eigenvalue weighted by Gasteiger charge is -2.19. The molecule has 0 aliphatic heterocycles. The first-order chi connectivity index (χ1) is 12.8. The van der Waals surface area contributed by atoms with Gasteiger partial charge in [-0.05, 0) is 37.6 Å². The molecule has 0 N–H and O–H groups in total.